The van der Waals surface area contributed by atoms with Crippen molar-refractivity contribution in [2.24, 2.45) is 0 Å². The SMILES string of the molecule is O=C(O)C=Cc1c(Cl)cc(O)cc1Cl. The third kappa shape index (κ3) is 2.65. The molecule has 0 amide bonds. The number of phenols is 1. The molecule has 14 heavy (non-hydrogen) atoms. The summed E-state index contributed by atoms with van der Waals surface area (Å²) in [5, 5.41) is 17.9. The number of carbonyl (C=O) groups is 1. The van der Waals surface area contributed by atoms with Crippen molar-refractivity contribution in [1.29, 1.82) is 0 Å². The Labute approximate surface area is 90.2 Å². The second-order valence-electron chi connectivity index (χ2n) is 2.49. The van der Waals surface area contributed by atoms with Crippen molar-refractivity contribution in [2.75, 3.05) is 0 Å². The van der Waals surface area contributed by atoms with Crippen molar-refractivity contribution in [3.05, 3.63) is 33.8 Å². The Morgan fingerprint density at radius 1 is 1.29 bits per heavy atom. The van der Waals surface area contributed by atoms with Gasteiger partial charge in [0.2, 0.25) is 0 Å². The second-order valence-corrected chi connectivity index (χ2v) is 3.31. The lowest BCUT2D eigenvalue weighted by atomic mass is 10.2. The van der Waals surface area contributed by atoms with Crippen molar-refractivity contribution < 1.29 is 15.0 Å². The fourth-order valence-corrected chi connectivity index (χ4v) is 1.49. The van der Waals surface area contributed by atoms with E-state index < -0.39 is 5.97 Å². The first-order chi connectivity index (χ1) is 6.50. The van der Waals surface area contributed by atoms with Gasteiger partial charge in [-0.15, -0.1) is 0 Å². The molecule has 1 aromatic carbocycles. The second kappa shape index (κ2) is 4.35. The molecule has 0 unspecified atom stereocenters. The number of halogens is 2. The number of carboxylic acid groups (broad SMARTS) is 1. The van der Waals surface area contributed by atoms with Crippen LogP contribution in [0.5, 0.6) is 5.75 Å². The molecule has 0 aliphatic rings. The van der Waals surface area contributed by atoms with E-state index in [2.05, 4.69) is 0 Å². The van der Waals surface area contributed by atoms with Gasteiger partial charge in [0.05, 0.1) is 10.0 Å². The van der Waals surface area contributed by atoms with E-state index in [0.717, 1.165) is 6.08 Å². The highest BCUT2D eigenvalue weighted by Gasteiger charge is 2.05. The molecule has 1 aromatic rings. The molecule has 0 aliphatic carbocycles. The molecule has 0 bridgehead atoms. The number of hydrogen-bond donors (Lipinski definition) is 2. The summed E-state index contributed by atoms with van der Waals surface area (Å²) in [6.07, 6.45) is 2.19. The maximum absolute atomic E-state index is 10.2. The van der Waals surface area contributed by atoms with Crippen molar-refractivity contribution in [1.82, 2.24) is 0 Å². The van der Waals surface area contributed by atoms with Crippen LogP contribution < -0.4 is 0 Å². The van der Waals surface area contributed by atoms with Gasteiger partial charge in [-0.3, -0.25) is 0 Å². The molecule has 0 radical (unpaired) electrons. The standard InChI is InChI=1S/C9H6Cl2O3/c10-7-3-5(12)4-8(11)6(7)1-2-9(13)14/h1-4,12H,(H,13,14). The van der Waals surface area contributed by atoms with E-state index in [1.165, 1.54) is 18.2 Å². The molecule has 5 heteroatoms. The van der Waals surface area contributed by atoms with Gasteiger partial charge in [-0.05, 0) is 18.2 Å². The molecule has 0 fully saturated rings. The van der Waals surface area contributed by atoms with E-state index in [4.69, 9.17) is 33.4 Å². The van der Waals surface area contributed by atoms with E-state index in [-0.39, 0.29) is 15.8 Å². The predicted octanol–water partition coefficient (Wildman–Crippen LogP) is 2.80. The van der Waals surface area contributed by atoms with Gasteiger partial charge in [-0.25, -0.2) is 4.79 Å². The average molecular weight is 233 g/mol. The summed E-state index contributed by atoms with van der Waals surface area (Å²) in [5.41, 5.74) is 0.369. The molecular formula is C9H6Cl2O3. The molecule has 0 saturated carbocycles. The minimum absolute atomic E-state index is 0.0625. The average Bonchev–Trinajstić information content (AvgIpc) is 2.01. The molecule has 0 aliphatic heterocycles. The van der Waals surface area contributed by atoms with E-state index in [1.807, 2.05) is 0 Å². The first kappa shape index (κ1) is 10.9. The van der Waals surface area contributed by atoms with Crippen LogP contribution in [0.3, 0.4) is 0 Å². The Morgan fingerprint density at radius 2 is 1.79 bits per heavy atom. The third-order valence-corrected chi connectivity index (χ3v) is 2.08. The van der Waals surface area contributed by atoms with E-state index in [0.29, 0.717) is 5.56 Å². The Balaban J connectivity index is 3.15. The molecule has 1 rings (SSSR count). The minimum atomic E-state index is -1.09. The number of benzene rings is 1. The van der Waals surface area contributed by atoms with Gasteiger partial charge in [-0.2, -0.15) is 0 Å². The minimum Gasteiger partial charge on any atom is -0.508 e. The van der Waals surface area contributed by atoms with E-state index >= 15 is 0 Å². The van der Waals surface area contributed by atoms with Crippen LogP contribution >= 0.6 is 23.2 Å². The van der Waals surface area contributed by atoms with Crippen LogP contribution in [0.1, 0.15) is 5.56 Å². The summed E-state index contributed by atoms with van der Waals surface area (Å²) < 4.78 is 0. The number of rotatable bonds is 2. The molecule has 2 N–H and O–H groups in total. The zero-order valence-electron chi connectivity index (χ0n) is 6.87. The van der Waals surface area contributed by atoms with Crippen LogP contribution in [0.4, 0.5) is 0 Å². The van der Waals surface area contributed by atoms with Gasteiger partial charge >= 0.3 is 5.97 Å². The molecule has 0 saturated heterocycles. The molecule has 0 atom stereocenters. The van der Waals surface area contributed by atoms with Gasteiger partial charge in [0.15, 0.2) is 0 Å². The zero-order chi connectivity index (χ0) is 10.7. The van der Waals surface area contributed by atoms with Crippen LogP contribution in [0, 0.1) is 0 Å². The number of aliphatic carboxylic acids is 1. The van der Waals surface area contributed by atoms with Gasteiger partial charge < -0.3 is 10.2 Å². The van der Waals surface area contributed by atoms with Crippen LogP contribution in [0.15, 0.2) is 18.2 Å². The lowest BCUT2D eigenvalue weighted by molar-refractivity contribution is -0.131. The van der Waals surface area contributed by atoms with Crippen molar-refractivity contribution >= 4 is 35.2 Å². The first-order valence-corrected chi connectivity index (χ1v) is 4.35. The Kier molecular flexibility index (Phi) is 3.38. The smallest absolute Gasteiger partial charge is 0.328 e. The van der Waals surface area contributed by atoms with Crippen LogP contribution in [-0.2, 0) is 4.79 Å². The summed E-state index contributed by atoms with van der Waals surface area (Å²) in [5.74, 6) is -1.15. The Hall–Kier alpha value is -1.19. The lowest BCUT2D eigenvalue weighted by Gasteiger charge is -2.01. The largest absolute Gasteiger partial charge is 0.508 e. The van der Waals surface area contributed by atoms with Crippen molar-refractivity contribution in [2.45, 2.75) is 0 Å². The molecule has 0 spiro atoms. The summed E-state index contributed by atoms with van der Waals surface area (Å²) >= 11 is 11.5. The molecular weight excluding hydrogens is 227 g/mol. The fourth-order valence-electron chi connectivity index (χ4n) is 0.885. The fraction of sp³-hybridized carbons (Fsp3) is 0. The van der Waals surface area contributed by atoms with Gasteiger partial charge in [0.1, 0.15) is 5.75 Å². The highest BCUT2D eigenvalue weighted by Crippen LogP contribution is 2.30. The van der Waals surface area contributed by atoms with Crippen LogP contribution in [0.2, 0.25) is 10.0 Å². The number of aromatic hydroxyl groups is 1. The Bertz CT molecular complexity index is 376. The Morgan fingerprint density at radius 3 is 2.21 bits per heavy atom. The van der Waals surface area contributed by atoms with Crippen molar-refractivity contribution in [3.8, 4) is 5.75 Å². The summed E-state index contributed by atoms with van der Waals surface area (Å²) in [6, 6.07) is 2.57. The maximum Gasteiger partial charge on any atom is 0.328 e. The summed E-state index contributed by atoms with van der Waals surface area (Å²) in [4.78, 5) is 10.2. The van der Waals surface area contributed by atoms with Crippen molar-refractivity contribution in [3.63, 3.8) is 0 Å². The quantitative estimate of drug-likeness (QED) is 0.772. The molecule has 3 nitrogen and oxygen atoms in total. The van der Waals surface area contributed by atoms with Gasteiger partial charge in [-0.1, -0.05) is 23.2 Å². The lowest BCUT2D eigenvalue weighted by Crippen LogP contribution is -1.86. The number of hydrogen-bond acceptors (Lipinski definition) is 2. The number of carboxylic acids is 1. The maximum atomic E-state index is 10.2. The predicted molar refractivity (Wildman–Crippen MR) is 54.8 cm³/mol. The number of phenolic OH excluding ortho intramolecular Hbond substituents is 1. The third-order valence-electron chi connectivity index (χ3n) is 1.46. The van der Waals surface area contributed by atoms with Crippen LogP contribution in [-0.4, -0.2) is 16.2 Å². The van der Waals surface area contributed by atoms with E-state index in [9.17, 15) is 4.79 Å². The zero-order valence-corrected chi connectivity index (χ0v) is 8.38. The topological polar surface area (TPSA) is 57.5 Å². The molecule has 74 valence electrons. The highest BCUT2D eigenvalue weighted by molar-refractivity contribution is 6.37. The van der Waals surface area contributed by atoms with Gasteiger partial charge in [0, 0.05) is 11.6 Å². The summed E-state index contributed by atoms with van der Waals surface area (Å²) in [7, 11) is 0. The first-order valence-electron chi connectivity index (χ1n) is 3.59. The highest BCUT2D eigenvalue weighted by atomic mass is 35.5. The molecule has 0 aromatic heterocycles. The van der Waals surface area contributed by atoms with E-state index in [1.54, 1.807) is 0 Å². The monoisotopic (exact) mass is 232 g/mol. The van der Waals surface area contributed by atoms with Crippen LogP contribution in [0.25, 0.3) is 6.08 Å². The normalized spacial score (nSPS) is 10.7. The molecule has 0 heterocycles. The van der Waals surface area contributed by atoms with Gasteiger partial charge in [0.25, 0.3) is 0 Å². The summed E-state index contributed by atoms with van der Waals surface area (Å²) in [6.45, 7) is 0.